The lowest BCUT2D eigenvalue weighted by Crippen LogP contribution is -2.31. The molecule has 1 aromatic rings. The van der Waals surface area contributed by atoms with Gasteiger partial charge in [-0.25, -0.2) is 0 Å². The minimum atomic E-state index is -1.86. The Morgan fingerprint density at radius 1 is 1.09 bits per heavy atom. The Morgan fingerprint density at radius 3 is 2.09 bits per heavy atom. The van der Waals surface area contributed by atoms with E-state index in [-0.39, 0.29) is 0 Å². The van der Waals surface area contributed by atoms with Crippen molar-refractivity contribution in [2.75, 3.05) is 56.3 Å². The van der Waals surface area contributed by atoms with Crippen LogP contribution >= 0.6 is 41.2 Å². The zero-order valence-corrected chi connectivity index (χ0v) is 17.7. The molecule has 0 aliphatic carbocycles. The van der Waals surface area contributed by atoms with Crippen molar-refractivity contribution >= 4 is 58.3 Å². The Kier molecular flexibility index (Phi) is 9.19. The van der Waals surface area contributed by atoms with Gasteiger partial charge < -0.3 is 10.1 Å². The van der Waals surface area contributed by atoms with E-state index in [4.69, 9.17) is 28.8 Å². The molecule has 8 heteroatoms. The first kappa shape index (κ1) is 20.0. The molecule has 0 spiro atoms. The third-order valence-electron chi connectivity index (χ3n) is 3.63. The fourth-order valence-electron chi connectivity index (χ4n) is 2.28. The maximum absolute atomic E-state index is 5.76. The van der Waals surface area contributed by atoms with Crippen molar-refractivity contribution in [2.45, 2.75) is 0 Å². The van der Waals surface area contributed by atoms with Crippen LogP contribution in [-0.2, 0) is 11.8 Å². The zero-order valence-electron chi connectivity index (χ0n) is 13.4. The van der Waals surface area contributed by atoms with E-state index >= 15 is 0 Å². The molecular weight excluding hydrogens is 383 g/mol. The van der Waals surface area contributed by atoms with Crippen molar-refractivity contribution in [2.24, 2.45) is 0 Å². The number of methoxy groups -OCH3 is 1. The molecule has 1 atom stereocenters. The van der Waals surface area contributed by atoms with Crippen LogP contribution in [0.25, 0.3) is 0 Å². The Balaban J connectivity index is 0.000000268. The first-order valence-corrected chi connectivity index (χ1v) is 14.0. The van der Waals surface area contributed by atoms with Crippen molar-refractivity contribution in [3.8, 4) is 5.75 Å². The molecule has 0 saturated carbocycles. The summed E-state index contributed by atoms with van der Waals surface area (Å²) in [7, 11) is 1.67. The number of hydrogen-bond acceptors (Lipinski definition) is 5. The van der Waals surface area contributed by atoms with Gasteiger partial charge in [0.15, 0.2) is 0 Å². The lowest BCUT2D eigenvalue weighted by atomic mass is 10.3. The highest BCUT2D eigenvalue weighted by molar-refractivity contribution is 8.65. The molecule has 2 fully saturated rings. The predicted octanol–water partition coefficient (Wildman–Crippen LogP) is 2.93. The number of hydrogen-bond donors (Lipinski definition) is 2. The van der Waals surface area contributed by atoms with Crippen LogP contribution in [0.3, 0.4) is 0 Å². The number of thioether (sulfide) groups is 2. The van der Waals surface area contributed by atoms with E-state index < -0.39 is 5.39 Å². The van der Waals surface area contributed by atoms with E-state index in [0.717, 1.165) is 35.6 Å². The topological polar surface area (TPSA) is 24.5 Å². The molecule has 2 saturated heterocycles. The fraction of sp³-hybridized carbons (Fsp3) is 0.600. The van der Waals surface area contributed by atoms with Gasteiger partial charge in [-0.2, -0.15) is 23.5 Å². The van der Waals surface area contributed by atoms with Crippen LogP contribution in [0.1, 0.15) is 0 Å². The van der Waals surface area contributed by atoms with Crippen LogP contribution in [0.4, 0.5) is 0 Å². The second-order valence-corrected chi connectivity index (χ2v) is 13.9. The number of benzene rings is 1. The van der Waals surface area contributed by atoms with Gasteiger partial charge in [-0.1, -0.05) is 11.8 Å². The van der Waals surface area contributed by atoms with E-state index in [9.17, 15) is 0 Å². The van der Waals surface area contributed by atoms with Gasteiger partial charge in [-0.05, 0) is 24.3 Å². The van der Waals surface area contributed by atoms with Gasteiger partial charge in [0.2, 0.25) is 0 Å². The molecule has 1 aromatic carbocycles. The quantitative estimate of drug-likeness (QED) is 0.589. The van der Waals surface area contributed by atoms with Gasteiger partial charge in [-0.15, -0.1) is 12.2 Å². The second kappa shape index (κ2) is 10.6. The molecule has 2 aliphatic heterocycles. The average molecular weight is 409 g/mol. The van der Waals surface area contributed by atoms with Crippen LogP contribution in [0, 0.1) is 0 Å². The minimum Gasteiger partial charge on any atom is -0.497 e. The van der Waals surface area contributed by atoms with E-state index in [2.05, 4.69) is 9.99 Å². The summed E-state index contributed by atoms with van der Waals surface area (Å²) in [6.07, 6.45) is 0. The van der Waals surface area contributed by atoms with E-state index in [0.29, 0.717) is 0 Å². The molecular formula is C15H25N2OPS4. The summed E-state index contributed by atoms with van der Waals surface area (Å²) in [5.74, 6) is 5.80. The molecule has 2 heterocycles. The second-order valence-electron chi connectivity index (χ2n) is 5.17. The van der Waals surface area contributed by atoms with Crippen LogP contribution < -0.4 is 15.4 Å². The number of ether oxygens (including phenoxy) is 1. The molecule has 3 rings (SSSR count). The molecule has 0 aromatic heterocycles. The highest BCUT2D eigenvalue weighted by Crippen LogP contribution is 2.54. The number of rotatable bonds is 3. The predicted molar refractivity (Wildman–Crippen MR) is 115 cm³/mol. The van der Waals surface area contributed by atoms with Crippen LogP contribution in [0.15, 0.2) is 24.3 Å². The van der Waals surface area contributed by atoms with Crippen molar-refractivity contribution in [3.05, 3.63) is 24.3 Å². The fourth-order valence-corrected chi connectivity index (χ4v) is 7.63. The molecule has 1 N–H and O–H groups in total. The lowest BCUT2D eigenvalue weighted by Gasteiger charge is -2.34. The minimum absolute atomic E-state index is 0.867. The first-order chi connectivity index (χ1) is 11.1. The van der Waals surface area contributed by atoms with Crippen molar-refractivity contribution < 1.29 is 4.74 Å². The van der Waals surface area contributed by atoms with Crippen LogP contribution in [0.5, 0.6) is 5.75 Å². The zero-order chi connectivity index (χ0) is 16.5. The molecule has 2 aliphatic rings. The van der Waals surface area contributed by atoms with Gasteiger partial charge in [0.1, 0.15) is 5.75 Å². The third-order valence-corrected chi connectivity index (χ3v) is 10.5. The SMILES string of the molecule is C1CSCCN1.COc1ccc(P(=S)(S)N2CCSCC2)cc1. The Labute approximate surface area is 158 Å². The molecule has 0 radical (unpaired) electrons. The normalized spacial score (nSPS) is 21.7. The molecule has 130 valence electrons. The van der Waals surface area contributed by atoms with Gasteiger partial charge in [0, 0.05) is 54.5 Å². The lowest BCUT2D eigenvalue weighted by molar-refractivity contribution is 0.415. The molecule has 0 amide bonds. The summed E-state index contributed by atoms with van der Waals surface area (Å²) in [4.78, 5) is 0. The average Bonchev–Trinajstić information content (AvgIpc) is 2.64. The summed E-state index contributed by atoms with van der Waals surface area (Å²) >= 11 is 14.6. The summed E-state index contributed by atoms with van der Waals surface area (Å²) in [5.41, 5.74) is 0. The molecule has 1 unspecified atom stereocenters. The molecule has 0 bridgehead atoms. The Hall–Kier alpha value is 0.640. The van der Waals surface area contributed by atoms with E-state index in [1.165, 1.54) is 24.6 Å². The summed E-state index contributed by atoms with van der Waals surface area (Å²) in [6, 6.07) is 8.03. The summed E-state index contributed by atoms with van der Waals surface area (Å²) in [6.45, 7) is 4.53. The largest absolute Gasteiger partial charge is 0.497 e. The van der Waals surface area contributed by atoms with Gasteiger partial charge >= 0.3 is 0 Å². The van der Waals surface area contributed by atoms with Crippen molar-refractivity contribution in [1.29, 1.82) is 0 Å². The number of thiol groups is 1. The highest BCUT2D eigenvalue weighted by Gasteiger charge is 2.25. The van der Waals surface area contributed by atoms with E-state index in [1.54, 1.807) is 7.11 Å². The van der Waals surface area contributed by atoms with Crippen LogP contribution in [0.2, 0.25) is 0 Å². The van der Waals surface area contributed by atoms with Gasteiger partial charge in [0.25, 0.3) is 0 Å². The Bertz CT molecular complexity index is 493. The maximum atomic E-state index is 5.76. The molecule has 23 heavy (non-hydrogen) atoms. The monoisotopic (exact) mass is 408 g/mol. The standard InChI is InChI=1S/C11H16NOPS3.C4H9NS/c1-13-10-2-4-11(5-3-10)14(15,16)12-6-8-17-9-7-12;1-3-6-4-2-5-1/h2-5H,6-9H2,1H3,(H,15,16);5H,1-4H2. The summed E-state index contributed by atoms with van der Waals surface area (Å²) < 4.78 is 7.53. The van der Waals surface area contributed by atoms with Gasteiger partial charge in [-0.3, -0.25) is 4.67 Å². The first-order valence-electron chi connectivity index (χ1n) is 7.73. The number of nitrogens with zero attached hydrogens (tertiary/aromatic N) is 1. The van der Waals surface area contributed by atoms with Gasteiger partial charge in [0.05, 0.1) is 12.5 Å². The smallest absolute Gasteiger partial charge is 0.118 e. The van der Waals surface area contributed by atoms with E-state index in [1.807, 2.05) is 47.8 Å². The molecule has 3 nitrogen and oxygen atoms in total. The number of nitrogens with one attached hydrogen (secondary N) is 1. The van der Waals surface area contributed by atoms with Crippen molar-refractivity contribution in [3.63, 3.8) is 0 Å². The van der Waals surface area contributed by atoms with Crippen LogP contribution in [-0.4, -0.2) is 61.0 Å². The Morgan fingerprint density at radius 2 is 1.65 bits per heavy atom. The highest BCUT2D eigenvalue weighted by atomic mass is 32.9. The summed E-state index contributed by atoms with van der Waals surface area (Å²) in [5, 5.41) is 2.56. The third kappa shape index (κ3) is 6.46. The van der Waals surface area contributed by atoms with Crippen molar-refractivity contribution in [1.82, 2.24) is 9.99 Å². The maximum Gasteiger partial charge on any atom is 0.118 e.